The lowest BCUT2D eigenvalue weighted by Crippen LogP contribution is -2.24. The first-order valence-corrected chi connectivity index (χ1v) is 11.1. The van der Waals surface area contributed by atoms with Gasteiger partial charge in [0.15, 0.2) is 11.6 Å². The minimum absolute atomic E-state index is 0.0476. The normalized spacial score (nSPS) is 19.1. The monoisotopic (exact) mass is 420 g/mol. The summed E-state index contributed by atoms with van der Waals surface area (Å²) in [5.74, 6) is -2.76. The van der Waals surface area contributed by atoms with Gasteiger partial charge in [-0.15, -0.1) is 0 Å². The van der Waals surface area contributed by atoms with Crippen LogP contribution in [0.3, 0.4) is 0 Å². The summed E-state index contributed by atoms with van der Waals surface area (Å²) in [6, 6.07) is 7.47. The first kappa shape index (κ1) is 22.7. The van der Waals surface area contributed by atoms with Gasteiger partial charge in [0.05, 0.1) is 19.3 Å². The molecule has 1 heterocycles. The van der Waals surface area contributed by atoms with Crippen molar-refractivity contribution in [1.82, 2.24) is 0 Å². The zero-order chi connectivity index (χ0) is 21.5. The average Bonchev–Trinajstić information content (AvgIpc) is 2.76. The maximum atomic E-state index is 14.8. The highest BCUT2D eigenvalue weighted by Gasteiger charge is 2.24. The Labute approximate surface area is 177 Å². The smallest absolute Gasteiger partial charge is 0.201 e. The van der Waals surface area contributed by atoms with Crippen molar-refractivity contribution in [3.63, 3.8) is 0 Å². The number of halogens is 3. The molecule has 2 unspecified atom stereocenters. The van der Waals surface area contributed by atoms with Gasteiger partial charge in [-0.05, 0) is 49.4 Å². The van der Waals surface area contributed by atoms with Gasteiger partial charge in [0.1, 0.15) is 5.82 Å². The second kappa shape index (κ2) is 10.9. The van der Waals surface area contributed by atoms with E-state index < -0.39 is 17.5 Å². The van der Waals surface area contributed by atoms with E-state index in [0.717, 1.165) is 24.8 Å². The average molecular weight is 421 g/mol. The van der Waals surface area contributed by atoms with Crippen molar-refractivity contribution in [3.05, 3.63) is 53.3 Å². The van der Waals surface area contributed by atoms with Gasteiger partial charge in [-0.2, -0.15) is 4.39 Å². The predicted molar refractivity (Wildman–Crippen MR) is 113 cm³/mol. The molecule has 30 heavy (non-hydrogen) atoms. The molecular weight excluding hydrogens is 389 g/mol. The Hall–Kier alpha value is -2.01. The van der Waals surface area contributed by atoms with Gasteiger partial charge in [0.25, 0.3) is 0 Å². The summed E-state index contributed by atoms with van der Waals surface area (Å²) in [6.07, 6.45) is 7.57. The van der Waals surface area contributed by atoms with Crippen LogP contribution in [0.1, 0.15) is 70.3 Å². The van der Waals surface area contributed by atoms with Crippen LogP contribution in [-0.2, 0) is 4.74 Å². The van der Waals surface area contributed by atoms with Crippen LogP contribution in [0.2, 0.25) is 0 Å². The second-order valence-corrected chi connectivity index (χ2v) is 8.05. The fourth-order valence-corrected chi connectivity index (χ4v) is 3.99. The lowest BCUT2D eigenvalue weighted by molar-refractivity contribution is -0.00211. The summed E-state index contributed by atoms with van der Waals surface area (Å²) in [4.78, 5) is 0. The van der Waals surface area contributed by atoms with Crippen LogP contribution in [0, 0.1) is 17.5 Å². The Morgan fingerprint density at radius 2 is 1.73 bits per heavy atom. The van der Waals surface area contributed by atoms with E-state index in [9.17, 15) is 13.2 Å². The van der Waals surface area contributed by atoms with Gasteiger partial charge >= 0.3 is 0 Å². The molecule has 0 saturated carbocycles. The van der Waals surface area contributed by atoms with Crippen LogP contribution < -0.4 is 4.74 Å². The van der Waals surface area contributed by atoms with Crippen molar-refractivity contribution in [2.24, 2.45) is 0 Å². The molecule has 1 fully saturated rings. The molecule has 0 amide bonds. The highest BCUT2D eigenvalue weighted by Crippen LogP contribution is 2.35. The number of hydrogen-bond donors (Lipinski definition) is 0. The molecule has 1 aliphatic heterocycles. The van der Waals surface area contributed by atoms with Crippen LogP contribution in [0.15, 0.2) is 30.3 Å². The Balaban J connectivity index is 1.70. The van der Waals surface area contributed by atoms with E-state index in [4.69, 9.17) is 9.47 Å². The van der Waals surface area contributed by atoms with Crippen LogP contribution >= 0.6 is 0 Å². The molecule has 1 saturated heterocycles. The molecule has 2 aromatic carbocycles. The highest BCUT2D eigenvalue weighted by atomic mass is 19.2. The van der Waals surface area contributed by atoms with Crippen LogP contribution in [0.5, 0.6) is 5.75 Å². The fourth-order valence-electron chi connectivity index (χ4n) is 3.99. The van der Waals surface area contributed by atoms with E-state index in [0.29, 0.717) is 25.7 Å². The summed E-state index contributed by atoms with van der Waals surface area (Å²) in [7, 11) is 0. The summed E-state index contributed by atoms with van der Waals surface area (Å²) in [5, 5.41) is 0. The summed E-state index contributed by atoms with van der Waals surface area (Å²) >= 11 is 0. The zero-order valence-electron chi connectivity index (χ0n) is 17.9. The van der Waals surface area contributed by atoms with E-state index >= 15 is 0 Å². The molecular formula is C25H31F3O2. The first-order chi connectivity index (χ1) is 14.5. The molecule has 3 rings (SSSR count). The van der Waals surface area contributed by atoms with Crippen LogP contribution in [0.4, 0.5) is 13.2 Å². The molecule has 1 aliphatic rings. The Bertz CT molecular complexity index is 829. The number of ether oxygens (including phenoxy) is 2. The summed E-state index contributed by atoms with van der Waals surface area (Å²) in [6.45, 7) is 4.93. The van der Waals surface area contributed by atoms with Crippen molar-refractivity contribution < 1.29 is 22.6 Å². The molecule has 0 bridgehead atoms. The Kier molecular flexibility index (Phi) is 8.20. The standard InChI is InChI=1S/C25H31F3O2/c1-3-5-6-7-19-10-8-18(16-30-19)17-9-11-20(22(26)15-17)21-12-13-23(29-14-4-2)25(28)24(21)27/h9,11-13,15,18-19H,3-8,10,14,16H2,1-2H3. The maximum absolute atomic E-state index is 14.8. The molecule has 2 nitrogen and oxygen atoms in total. The van der Waals surface area contributed by atoms with E-state index in [1.54, 1.807) is 6.07 Å². The third-order valence-corrected chi connectivity index (χ3v) is 5.76. The Morgan fingerprint density at radius 3 is 2.40 bits per heavy atom. The van der Waals surface area contributed by atoms with Crippen molar-refractivity contribution >= 4 is 0 Å². The van der Waals surface area contributed by atoms with Gasteiger partial charge in [-0.1, -0.05) is 45.2 Å². The second-order valence-electron chi connectivity index (χ2n) is 8.05. The number of benzene rings is 2. The minimum atomic E-state index is -1.09. The molecule has 0 spiro atoms. The third-order valence-electron chi connectivity index (χ3n) is 5.76. The third kappa shape index (κ3) is 5.37. The quantitative estimate of drug-likeness (QED) is 0.393. The van der Waals surface area contributed by atoms with Crippen molar-refractivity contribution in [2.45, 2.75) is 70.8 Å². The summed E-state index contributed by atoms with van der Waals surface area (Å²) in [5.41, 5.74) is 0.787. The molecule has 0 radical (unpaired) electrons. The molecule has 2 aromatic rings. The zero-order valence-corrected chi connectivity index (χ0v) is 17.9. The Morgan fingerprint density at radius 1 is 0.933 bits per heavy atom. The molecule has 0 N–H and O–H groups in total. The van der Waals surface area contributed by atoms with Gasteiger partial charge < -0.3 is 9.47 Å². The molecule has 2 atom stereocenters. The highest BCUT2D eigenvalue weighted by molar-refractivity contribution is 5.66. The maximum Gasteiger partial charge on any atom is 0.201 e. The van der Waals surface area contributed by atoms with Gasteiger partial charge in [0.2, 0.25) is 5.82 Å². The largest absolute Gasteiger partial charge is 0.490 e. The molecule has 164 valence electrons. The molecule has 0 aromatic heterocycles. The van der Waals surface area contributed by atoms with Gasteiger partial charge in [-0.3, -0.25) is 0 Å². The lowest BCUT2D eigenvalue weighted by Gasteiger charge is -2.29. The van der Waals surface area contributed by atoms with Crippen molar-refractivity contribution in [3.8, 4) is 16.9 Å². The van der Waals surface area contributed by atoms with Gasteiger partial charge in [-0.25, -0.2) is 8.78 Å². The first-order valence-electron chi connectivity index (χ1n) is 11.1. The van der Waals surface area contributed by atoms with Crippen LogP contribution in [0.25, 0.3) is 11.1 Å². The molecule has 0 aliphatic carbocycles. The fraction of sp³-hybridized carbons (Fsp3) is 0.520. The van der Waals surface area contributed by atoms with Gasteiger partial charge in [0, 0.05) is 17.0 Å². The minimum Gasteiger partial charge on any atom is -0.490 e. The van der Waals surface area contributed by atoms with E-state index in [1.807, 2.05) is 6.92 Å². The van der Waals surface area contributed by atoms with E-state index in [1.165, 1.54) is 43.5 Å². The number of hydrogen-bond acceptors (Lipinski definition) is 2. The molecule has 5 heteroatoms. The predicted octanol–water partition coefficient (Wildman–Crippen LogP) is 7.40. The van der Waals surface area contributed by atoms with Crippen molar-refractivity contribution in [1.29, 1.82) is 0 Å². The number of unbranched alkanes of at least 4 members (excludes halogenated alkanes) is 2. The SMILES string of the molecule is CCCCCC1CCC(c2ccc(-c3ccc(OCCC)c(F)c3F)c(F)c2)CO1. The lowest BCUT2D eigenvalue weighted by atomic mass is 9.89. The number of rotatable bonds is 9. The van der Waals surface area contributed by atoms with E-state index in [2.05, 4.69) is 6.92 Å². The topological polar surface area (TPSA) is 18.5 Å². The van der Waals surface area contributed by atoms with E-state index in [-0.39, 0.29) is 22.8 Å². The van der Waals surface area contributed by atoms with Crippen LogP contribution in [-0.4, -0.2) is 19.3 Å². The van der Waals surface area contributed by atoms with Crippen molar-refractivity contribution in [2.75, 3.05) is 13.2 Å². The summed E-state index contributed by atoms with van der Waals surface area (Å²) < 4.78 is 54.8.